The van der Waals surface area contributed by atoms with Crippen LogP contribution in [0.25, 0.3) is 16.6 Å². The molecule has 32 heavy (non-hydrogen) atoms. The molecule has 0 saturated heterocycles. The summed E-state index contributed by atoms with van der Waals surface area (Å²) in [6, 6.07) is 23.6. The van der Waals surface area contributed by atoms with Crippen molar-refractivity contribution in [1.29, 1.82) is 0 Å². The highest BCUT2D eigenvalue weighted by molar-refractivity contribution is 7.99. The number of carbonyl (C=O) groups excluding carboxylic acids is 1. The number of thioether (sulfide) groups is 1. The molecule has 0 atom stereocenters. The molecule has 1 aromatic heterocycles. The SMILES string of the molecule is CC(=NNC(=O)CSc1nc2ccccc2c(=O)n1-c1ccccc1)c1ccc(Cl)cc1. The van der Waals surface area contributed by atoms with Gasteiger partial charge >= 0.3 is 0 Å². The van der Waals surface area contributed by atoms with E-state index >= 15 is 0 Å². The van der Waals surface area contributed by atoms with Gasteiger partial charge in [-0.2, -0.15) is 5.10 Å². The fourth-order valence-electron chi connectivity index (χ4n) is 3.08. The third-order valence-electron chi connectivity index (χ3n) is 4.70. The standard InChI is InChI=1S/C24H19ClN4O2S/c1-16(17-11-13-18(25)14-12-17)27-28-22(30)15-32-24-26-21-10-6-5-9-20(21)23(31)29(24)19-7-3-2-4-8-19/h2-14H,15H2,1H3,(H,28,30). The van der Waals surface area contributed by atoms with Crippen molar-refractivity contribution in [3.63, 3.8) is 0 Å². The van der Waals surface area contributed by atoms with Gasteiger partial charge in [0, 0.05) is 5.02 Å². The van der Waals surface area contributed by atoms with Crippen LogP contribution in [-0.4, -0.2) is 26.9 Å². The van der Waals surface area contributed by atoms with E-state index in [0.717, 1.165) is 5.56 Å². The Morgan fingerprint density at radius 1 is 1.03 bits per heavy atom. The van der Waals surface area contributed by atoms with Gasteiger partial charge in [-0.3, -0.25) is 14.2 Å². The van der Waals surface area contributed by atoms with E-state index in [1.807, 2.05) is 54.6 Å². The van der Waals surface area contributed by atoms with E-state index in [2.05, 4.69) is 15.5 Å². The predicted octanol–water partition coefficient (Wildman–Crippen LogP) is 4.67. The van der Waals surface area contributed by atoms with E-state index in [1.165, 1.54) is 16.3 Å². The van der Waals surface area contributed by atoms with Crippen molar-refractivity contribution in [2.75, 3.05) is 5.75 Å². The molecule has 4 aromatic rings. The molecule has 0 saturated carbocycles. The molecule has 0 fully saturated rings. The molecule has 8 heteroatoms. The van der Waals surface area contributed by atoms with Crippen LogP contribution in [0.5, 0.6) is 0 Å². The van der Waals surface area contributed by atoms with E-state index < -0.39 is 0 Å². The Kier molecular flexibility index (Phi) is 6.68. The predicted molar refractivity (Wildman–Crippen MR) is 130 cm³/mol. The van der Waals surface area contributed by atoms with Crippen LogP contribution < -0.4 is 11.0 Å². The molecule has 160 valence electrons. The van der Waals surface area contributed by atoms with Gasteiger partial charge in [0.15, 0.2) is 5.16 Å². The average Bonchev–Trinajstić information content (AvgIpc) is 2.82. The van der Waals surface area contributed by atoms with Gasteiger partial charge in [-0.25, -0.2) is 10.4 Å². The molecule has 0 unspecified atom stereocenters. The Morgan fingerprint density at radius 2 is 1.72 bits per heavy atom. The topological polar surface area (TPSA) is 76.3 Å². The molecular weight excluding hydrogens is 444 g/mol. The number of aromatic nitrogens is 2. The summed E-state index contributed by atoms with van der Waals surface area (Å²) >= 11 is 7.09. The summed E-state index contributed by atoms with van der Waals surface area (Å²) in [5.74, 6) is -0.250. The minimum atomic E-state index is -0.301. The molecule has 6 nitrogen and oxygen atoms in total. The van der Waals surface area contributed by atoms with Gasteiger partial charge in [0.2, 0.25) is 0 Å². The maximum absolute atomic E-state index is 13.2. The van der Waals surface area contributed by atoms with Gasteiger partial charge in [-0.1, -0.05) is 65.8 Å². The zero-order valence-corrected chi connectivity index (χ0v) is 18.7. The summed E-state index contributed by atoms with van der Waals surface area (Å²) in [6.45, 7) is 1.80. The summed E-state index contributed by atoms with van der Waals surface area (Å²) in [5, 5.41) is 5.75. The number of nitrogens with one attached hydrogen (secondary N) is 1. The summed E-state index contributed by atoms with van der Waals surface area (Å²) in [4.78, 5) is 30.2. The molecule has 0 aliphatic heterocycles. The lowest BCUT2D eigenvalue weighted by molar-refractivity contribution is -0.118. The average molecular weight is 463 g/mol. The molecular formula is C24H19ClN4O2S. The van der Waals surface area contributed by atoms with Gasteiger partial charge in [-0.15, -0.1) is 0 Å². The van der Waals surface area contributed by atoms with Crippen molar-refractivity contribution >= 4 is 45.9 Å². The van der Waals surface area contributed by atoms with Gasteiger partial charge < -0.3 is 0 Å². The first-order valence-electron chi connectivity index (χ1n) is 9.82. The number of nitrogens with zero attached hydrogens (tertiary/aromatic N) is 3. The Morgan fingerprint density at radius 3 is 2.47 bits per heavy atom. The molecule has 0 bridgehead atoms. The van der Waals surface area contributed by atoms with E-state index in [0.29, 0.717) is 32.5 Å². The summed E-state index contributed by atoms with van der Waals surface area (Å²) in [6.07, 6.45) is 0. The van der Waals surface area contributed by atoms with Crippen molar-refractivity contribution in [1.82, 2.24) is 15.0 Å². The quantitative estimate of drug-likeness (QED) is 0.195. The first-order chi connectivity index (χ1) is 15.5. The zero-order valence-electron chi connectivity index (χ0n) is 17.2. The van der Waals surface area contributed by atoms with Crippen molar-refractivity contribution in [3.8, 4) is 5.69 Å². The van der Waals surface area contributed by atoms with Gasteiger partial charge in [0.1, 0.15) is 0 Å². The van der Waals surface area contributed by atoms with E-state index in [1.54, 1.807) is 31.2 Å². The number of rotatable bonds is 6. The fraction of sp³-hybridized carbons (Fsp3) is 0.0833. The highest BCUT2D eigenvalue weighted by Crippen LogP contribution is 2.21. The van der Waals surface area contributed by atoms with E-state index in [4.69, 9.17) is 11.6 Å². The first kappa shape index (κ1) is 21.8. The van der Waals surface area contributed by atoms with Crippen LogP contribution in [0.1, 0.15) is 12.5 Å². The molecule has 3 aromatic carbocycles. The second-order valence-electron chi connectivity index (χ2n) is 6.92. The summed E-state index contributed by atoms with van der Waals surface area (Å²) < 4.78 is 1.53. The highest BCUT2D eigenvalue weighted by atomic mass is 35.5. The van der Waals surface area contributed by atoms with Crippen molar-refractivity contribution in [2.45, 2.75) is 12.1 Å². The minimum absolute atomic E-state index is 0.0506. The van der Waals surface area contributed by atoms with Crippen LogP contribution in [0.2, 0.25) is 5.02 Å². The third kappa shape index (κ3) is 4.90. The monoisotopic (exact) mass is 462 g/mol. The number of hydrogen-bond donors (Lipinski definition) is 1. The molecule has 0 aliphatic carbocycles. The number of halogens is 1. The van der Waals surface area contributed by atoms with Crippen molar-refractivity contribution in [3.05, 3.63) is 99.8 Å². The second kappa shape index (κ2) is 9.80. The lowest BCUT2D eigenvalue weighted by Gasteiger charge is -2.13. The summed E-state index contributed by atoms with van der Waals surface area (Å²) in [7, 11) is 0. The lowest BCUT2D eigenvalue weighted by Crippen LogP contribution is -2.24. The molecule has 0 aliphatic rings. The van der Waals surface area contributed by atoms with Crippen LogP contribution in [0.4, 0.5) is 0 Å². The number of benzene rings is 3. The number of hydrogen-bond acceptors (Lipinski definition) is 5. The number of para-hydroxylation sites is 2. The minimum Gasteiger partial charge on any atom is -0.272 e. The zero-order chi connectivity index (χ0) is 22.5. The number of fused-ring (bicyclic) bond motifs is 1. The first-order valence-corrected chi connectivity index (χ1v) is 11.2. The number of hydrazone groups is 1. The van der Waals surface area contributed by atoms with Crippen LogP contribution >= 0.6 is 23.4 Å². The van der Waals surface area contributed by atoms with Gasteiger partial charge in [-0.05, 0) is 48.9 Å². The van der Waals surface area contributed by atoms with Crippen LogP contribution in [0, 0.1) is 0 Å². The molecule has 1 heterocycles. The maximum Gasteiger partial charge on any atom is 0.266 e. The van der Waals surface area contributed by atoms with Crippen LogP contribution in [0.15, 0.2) is 93.9 Å². The Labute approximate surface area is 194 Å². The maximum atomic E-state index is 13.2. The normalized spacial score (nSPS) is 11.5. The van der Waals surface area contributed by atoms with Crippen LogP contribution in [-0.2, 0) is 4.79 Å². The van der Waals surface area contributed by atoms with Gasteiger partial charge in [0.25, 0.3) is 11.5 Å². The van der Waals surface area contributed by atoms with Crippen LogP contribution in [0.3, 0.4) is 0 Å². The smallest absolute Gasteiger partial charge is 0.266 e. The van der Waals surface area contributed by atoms with E-state index in [-0.39, 0.29) is 17.2 Å². The Hall–Kier alpha value is -3.42. The lowest BCUT2D eigenvalue weighted by atomic mass is 10.1. The Bertz CT molecular complexity index is 1350. The number of carbonyl (C=O) groups is 1. The fourth-order valence-corrected chi connectivity index (χ4v) is 4.01. The molecule has 1 amide bonds. The van der Waals surface area contributed by atoms with Gasteiger partial charge in [0.05, 0.1) is 28.1 Å². The molecule has 4 rings (SSSR count). The molecule has 0 radical (unpaired) electrons. The number of amides is 1. The second-order valence-corrected chi connectivity index (χ2v) is 8.29. The summed E-state index contributed by atoms with van der Waals surface area (Å²) in [5.41, 5.74) is 5.17. The molecule has 0 spiro atoms. The van der Waals surface area contributed by atoms with E-state index in [9.17, 15) is 9.59 Å². The van der Waals surface area contributed by atoms with Crippen molar-refractivity contribution < 1.29 is 4.79 Å². The van der Waals surface area contributed by atoms with Crippen molar-refractivity contribution in [2.24, 2.45) is 5.10 Å². The third-order valence-corrected chi connectivity index (χ3v) is 5.89. The Balaban J connectivity index is 1.56. The largest absolute Gasteiger partial charge is 0.272 e. The molecule has 1 N–H and O–H groups in total. The highest BCUT2D eigenvalue weighted by Gasteiger charge is 2.14.